The van der Waals surface area contributed by atoms with Crippen LogP contribution < -0.4 is 5.32 Å². The highest BCUT2D eigenvalue weighted by atomic mass is 19.1. The summed E-state index contributed by atoms with van der Waals surface area (Å²) < 4.78 is 13.0. The van der Waals surface area contributed by atoms with Crippen LogP contribution in [0.4, 0.5) is 4.39 Å². The quantitative estimate of drug-likeness (QED) is 0.887. The summed E-state index contributed by atoms with van der Waals surface area (Å²) in [5.74, 6) is 0.825. The third-order valence-corrected chi connectivity index (χ3v) is 6.20. The van der Waals surface area contributed by atoms with Gasteiger partial charge in [-0.15, -0.1) is 0 Å². The number of nitrogens with one attached hydrogen (secondary N) is 1. The fourth-order valence-electron chi connectivity index (χ4n) is 4.63. The second-order valence-corrected chi connectivity index (χ2v) is 7.90. The number of fused-ring (bicyclic) bond motifs is 3. The Hall–Kier alpha value is -1.46. The van der Waals surface area contributed by atoms with Gasteiger partial charge in [0.05, 0.1) is 6.04 Å². The lowest BCUT2D eigenvalue weighted by molar-refractivity contribution is -0.131. The number of carbonyl (C=O) groups is 1. The van der Waals surface area contributed by atoms with Crippen LogP contribution in [0.1, 0.15) is 31.2 Å². The molecular weight excluding hydrogens is 317 g/mol. The van der Waals surface area contributed by atoms with Crippen LogP contribution >= 0.6 is 0 Å². The molecule has 1 unspecified atom stereocenters. The Balaban J connectivity index is 1.22. The minimum Gasteiger partial charge on any atom is -0.351 e. The third-order valence-electron chi connectivity index (χ3n) is 6.20. The minimum absolute atomic E-state index is 0.112. The van der Waals surface area contributed by atoms with Gasteiger partial charge in [-0.25, -0.2) is 4.39 Å². The lowest BCUT2D eigenvalue weighted by Crippen LogP contribution is -2.56. The van der Waals surface area contributed by atoms with Gasteiger partial charge in [-0.1, -0.05) is 12.1 Å². The smallest absolute Gasteiger partial charge is 0.237 e. The van der Waals surface area contributed by atoms with E-state index >= 15 is 0 Å². The first-order chi connectivity index (χ1) is 12.2. The summed E-state index contributed by atoms with van der Waals surface area (Å²) in [5.41, 5.74) is 1.17. The number of hydrogen-bond donors (Lipinski definition) is 1. The van der Waals surface area contributed by atoms with Crippen molar-refractivity contribution in [2.45, 2.75) is 44.2 Å². The van der Waals surface area contributed by atoms with Crippen LogP contribution in [0.25, 0.3) is 0 Å². The second-order valence-electron chi connectivity index (χ2n) is 7.90. The van der Waals surface area contributed by atoms with Crippen molar-refractivity contribution in [3.05, 3.63) is 35.6 Å². The van der Waals surface area contributed by atoms with Gasteiger partial charge in [0.25, 0.3) is 0 Å². The average Bonchev–Trinajstić information content (AvgIpc) is 3.09. The largest absolute Gasteiger partial charge is 0.351 e. The SMILES string of the molecule is O=C(NC1CCN(CCc2ccc(F)cc2)C1)[C@@H]1CC2CCN1CC2. The Morgan fingerprint density at radius 2 is 1.88 bits per heavy atom. The topological polar surface area (TPSA) is 35.6 Å². The van der Waals surface area contributed by atoms with Gasteiger partial charge in [0.1, 0.15) is 5.82 Å². The highest BCUT2D eigenvalue weighted by Crippen LogP contribution is 2.31. The van der Waals surface area contributed by atoms with Crippen molar-refractivity contribution in [1.82, 2.24) is 15.1 Å². The van der Waals surface area contributed by atoms with Crippen molar-refractivity contribution >= 4 is 5.91 Å². The van der Waals surface area contributed by atoms with Crippen LogP contribution in [0.3, 0.4) is 0 Å². The summed E-state index contributed by atoms with van der Waals surface area (Å²) in [4.78, 5) is 17.4. The fraction of sp³-hybridized carbons (Fsp3) is 0.650. The Bertz CT molecular complexity index is 597. The summed E-state index contributed by atoms with van der Waals surface area (Å²) in [6, 6.07) is 7.16. The Morgan fingerprint density at radius 3 is 2.56 bits per heavy atom. The second kappa shape index (κ2) is 7.42. The number of carbonyl (C=O) groups excluding carboxylic acids is 1. The molecule has 4 heterocycles. The van der Waals surface area contributed by atoms with Crippen molar-refractivity contribution in [2.75, 3.05) is 32.7 Å². The monoisotopic (exact) mass is 345 g/mol. The molecule has 0 saturated carbocycles. The van der Waals surface area contributed by atoms with Gasteiger partial charge in [0.15, 0.2) is 0 Å². The molecule has 136 valence electrons. The highest BCUT2D eigenvalue weighted by molar-refractivity contribution is 5.82. The van der Waals surface area contributed by atoms with Gasteiger partial charge in [-0.3, -0.25) is 9.69 Å². The minimum atomic E-state index is -0.181. The molecule has 1 amide bonds. The van der Waals surface area contributed by atoms with E-state index in [4.69, 9.17) is 0 Å². The number of likely N-dealkylation sites (tertiary alicyclic amines) is 1. The number of amides is 1. The molecule has 4 aliphatic rings. The van der Waals surface area contributed by atoms with E-state index in [-0.39, 0.29) is 23.8 Å². The first-order valence-corrected chi connectivity index (χ1v) is 9.68. The van der Waals surface area contributed by atoms with Gasteiger partial charge >= 0.3 is 0 Å². The zero-order valence-corrected chi connectivity index (χ0v) is 14.8. The zero-order valence-electron chi connectivity index (χ0n) is 14.8. The van der Waals surface area contributed by atoms with Crippen LogP contribution in [0.5, 0.6) is 0 Å². The molecular formula is C20H28FN3O. The van der Waals surface area contributed by atoms with E-state index in [0.29, 0.717) is 0 Å². The Kier molecular flexibility index (Phi) is 5.04. The number of hydrogen-bond acceptors (Lipinski definition) is 3. The van der Waals surface area contributed by atoms with Crippen LogP contribution in [0, 0.1) is 11.7 Å². The van der Waals surface area contributed by atoms with E-state index in [1.807, 2.05) is 12.1 Å². The van der Waals surface area contributed by atoms with E-state index in [1.165, 1.54) is 30.5 Å². The van der Waals surface area contributed by atoms with Gasteiger partial charge in [0, 0.05) is 25.7 Å². The molecule has 4 fully saturated rings. The zero-order chi connectivity index (χ0) is 17.2. The lowest BCUT2D eigenvalue weighted by Gasteiger charge is -2.44. The Morgan fingerprint density at radius 1 is 1.12 bits per heavy atom. The molecule has 4 aliphatic heterocycles. The normalized spacial score (nSPS) is 32.0. The highest BCUT2D eigenvalue weighted by Gasteiger charge is 2.38. The molecule has 0 aliphatic carbocycles. The molecule has 4 saturated heterocycles. The average molecular weight is 345 g/mol. The molecule has 25 heavy (non-hydrogen) atoms. The molecule has 1 aromatic rings. The van der Waals surface area contributed by atoms with E-state index < -0.39 is 0 Å². The summed E-state index contributed by atoms with van der Waals surface area (Å²) >= 11 is 0. The number of rotatable bonds is 5. The third kappa shape index (κ3) is 4.04. The van der Waals surface area contributed by atoms with Crippen molar-refractivity contribution in [2.24, 2.45) is 5.92 Å². The molecule has 1 N–H and O–H groups in total. The summed E-state index contributed by atoms with van der Waals surface area (Å²) in [6.07, 6.45) is 5.55. The lowest BCUT2D eigenvalue weighted by atomic mass is 9.83. The van der Waals surface area contributed by atoms with Gasteiger partial charge in [0.2, 0.25) is 5.91 Å². The molecule has 0 aromatic heterocycles. The van der Waals surface area contributed by atoms with E-state index in [1.54, 1.807) is 0 Å². The molecule has 2 bridgehead atoms. The summed E-state index contributed by atoms with van der Waals surface area (Å²) in [6.45, 7) is 5.12. The van der Waals surface area contributed by atoms with Crippen LogP contribution in [-0.2, 0) is 11.2 Å². The molecule has 1 aromatic carbocycles. The summed E-state index contributed by atoms with van der Waals surface area (Å²) in [7, 11) is 0. The van der Waals surface area contributed by atoms with Gasteiger partial charge < -0.3 is 10.2 Å². The molecule has 2 atom stereocenters. The maximum Gasteiger partial charge on any atom is 0.237 e. The molecule has 5 rings (SSSR count). The predicted molar refractivity (Wildman–Crippen MR) is 95.8 cm³/mol. The standard InChI is InChI=1S/C20H28FN3O/c21-17-3-1-15(2-4-17)5-9-23-10-8-18(14-23)22-20(25)19-13-16-6-11-24(19)12-7-16/h1-4,16,18-19H,5-14H2,(H,22,25)/t18?,19-/m0/s1. The summed E-state index contributed by atoms with van der Waals surface area (Å²) in [5, 5.41) is 3.30. The molecule has 5 heteroatoms. The van der Waals surface area contributed by atoms with Gasteiger partial charge in [-0.05, 0) is 68.8 Å². The molecule has 4 nitrogen and oxygen atoms in total. The number of piperidine rings is 3. The van der Waals surface area contributed by atoms with E-state index in [2.05, 4.69) is 15.1 Å². The van der Waals surface area contributed by atoms with Crippen LogP contribution in [-0.4, -0.2) is 60.5 Å². The van der Waals surface area contributed by atoms with Crippen molar-refractivity contribution in [3.63, 3.8) is 0 Å². The van der Waals surface area contributed by atoms with E-state index in [0.717, 1.165) is 57.9 Å². The van der Waals surface area contributed by atoms with Crippen molar-refractivity contribution < 1.29 is 9.18 Å². The van der Waals surface area contributed by atoms with Crippen LogP contribution in [0.2, 0.25) is 0 Å². The van der Waals surface area contributed by atoms with E-state index in [9.17, 15) is 9.18 Å². The first-order valence-electron chi connectivity index (χ1n) is 9.68. The number of benzene rings is 1. The van der Waals surface area contributed by atoms with Gasteiger partial charge in [-0.2, -0.15) is 0 Å². The molecule has 0 spiro atoms. The fourth-order valence-corrected chi connectivity index (χ4v) is 4.63. The first kappa shape index (κ1) is 17.0. The maximum atomic E-state index is 13.0. The molecule has 0 radical (unpaired) electrons. The number of halogens is 1. The Labute approximate surface area is 149 Å². The maximum absolute atomic E-state index is 13.0. The number of nitrogens with zero attached hydrogens (tertiary/aromatic N) is 2. The predicted octanol–water partition coefficient (Wildman–Crippen LogP) is 2.04. The van der Waals surface area contributed by atoms with Crippen LogP contribution in [0.15, 0.2) is 24.3 Å². The van der Waals surface area contributed by atoms with Crippen molar-refractivity contribution in [3.8, 4) is 0 Å². The van der Waals surface area contributed by atoms with Crippen molar-refractivity contribution in [1.29, 1.82) is 0 Å².